The van der Waals surface area contributed by atoms with E-state index in [0.717, 1.165) is 38.0 Å². The second-order valence-corrected chi connectivity index (χ2v) is 7.36. The summed E-state index contributed by atoms with van der Waals surface area (Å²) in [4.78, 5) is 9.72. The highest BCUT2D eigenvalue weighted by Gasteiger charge is 2.13. The van der Waals surface area contributed by atoms with E-state index in [2.05, 4.69) is 15.9 Å². The quantitative estimate of drug-likeness (QED) is 0.341. The van der Waals surface area contributed by atoms with Crippen molar-refractivity contribution >= 4 is 50.2 Å². The van der Waals surface area contributed by atoms with Crippen molar-refractivity contribution < 1.29 is 0 Å². The van der Waals surface area contributed by atoms with Crippen LogP contribution in [0.5, 0.6) is 0 Å². The molecule has 0 saturated heterocycles. The molecule has 0 fully saturated rings. The van der Waals surface area contributed by atoms with E-state index in [1.807, 2.05) is 66.7 Å². The Balaban J connectivity index is 2.01. The summed E-state index contributed by atoms with van der Waals surface area (Å²) in [5, 5.41) is 1.38. The highest BCUT2D eigenvalue weighted by atomic mass is 79.9. The first kappa shape index (κ1) is 16.5. The molecule has 0 saturated carbocycles. The Hall–Kier alpha value is -1.94. The average molecular weight is 430 g/mol. The van der Waals surface area contributed by atoms with Gasteiger partial charge in [0.1, 0.15) is 0 Å². The fourth-order valence-electron chi connectivity index (χ4n) is 2.65. The minimum atomic E-state index is 0.688. The molecule has 0 aliphatic carbocycles. The summed E-state index contributed by atoms with van der Waals surface area (Å²) in [6.07, 6.45) is 0. The molecule has 0 aliphatic rings. The van der Waals surface area contributed by atoms with Crippen LogP contribution in [0.15, 0.2) is 71.2 Å². The van der Waals surface area contributed by atoms with Crippen LogP contribution in [0.4, 0.5) is 0 Å². The van der Waals surface area contributed by atoms with Crippen LogP contribution >= 0.6 is 39.1 Å². The summed E-state index contributed by atoms with van der Waals surface area (Å²) in [5.41, 5.74) is 5.22. The number of fused-ring (bicyclic) bond motifs is 1. The Morgan fingerprint density at radius 3 is 1.60 bits per heavy atom. The van der Waals surface area contributed by atoms with Crippen molar-refractivity contribution in [3.05, 3.63) is 81.2 Å². The van der Waals surface area contributed by atoms with Gasteiger partial charge >= 0.3 is 0 Å². The van der Waals surface area contributed by atoms with Gasteiger partial charge in [0.05, 0.1) is 22.4 Å². The monoisotopic (exact) mass is 428 g/mol. The molecule has 122 valence electrons. The molecule has 4 rings (SSSR count). The van der Waals surface area contributed by atoms with Crippen LogP contribution in [-0.2, 0) is 0 Å². The molecule has 1 aromatic heterocycles. The fraction of sp³-hybridized carbons (Fsp3) is 0. The number of hydrogen-bond donors (Lipinski definition) is 0. The number of rotatable bonds is 2. The van der Waals surface area contributed by atoms with Crippen molar-refractivity contribution in [2.24, 2.45) is 0 Å². The van der Waals surface area contributed by atoms with Crippen molar-refractivity contribution in [1.82, 2.24) is 9.97 Å². The van der Waals surface area contributed by atoms with Crippen LogP contribution in [0.25, 0.3) is 33.5 Å². The lowest BCUT2D eigenvalue weighted by Gasteiger charge is -2.11. The molecule has 0 bridgehead atoms. The van der Waals surface area contributed by atoms with Crippen LogP contribution in [0, 0.1) is 0 Å². The molecule has 0 unspecified atom stereocenters. The Bertz CT molecular complexity index is 1060. The lowest BCUT2D eigenvalue weighted by Crippen LogP contribution is -1.95. The number of nitrogens with zero attached hydrogens (tertiary/aromatic N) is 2. The summed E-state index contributed by atoms with van der Waals surface area (Å²) in [6.45, 7) is 0. The minimum absolute atomic E-state index is 0.688. The number of hydrogen-bond acceptors (Lipinski definition) is 2. The maximum Gasteiger partial charge on any atom is 0.0973 e. The molecule has 2 nitrogen and oxygen atoms in total. The number of aromatic nitrogens is 2. The van der Waals surface area contributed by atoms with Crippen molar-refractivity contribution in [2.75, 3.05) is 0 Å². The van der Waals surface area contributed by atoms with Gasteiger partial charge in [0.25, 0.3) is 0 Å². The van der Waals surface area contributed by atoms with E-state index >= 15 is 0 Å². The first-order valence-electron chi connectivity index (χ1n) is 7.59. The van der Waals surface area contributed by atoms with E-state index in [-0.39, 0.29) is 0 Å². The topological polar surface area (TPSA) is 25.8 Å². The Labute approximate surface area is 163 Å². The summed E-state index contributed by atoms with van der Waals surface area (Å²) < 4.78 is 0.968. The van der Waals surface area contributed by atoms with Crippen molar-refractivity contribution in [3.63, 3.8) is 0 Å². The maximum absolute atomic E-state index is 6.03. The second kappa shape index (κ2) is 6.75. The number of benzene rings is 3. The lowest BCUT2D eigenvalue weighted by molar-refractivity contribution is 1.29. The standard InChI is InChI=1S/C20H11BrCl2N2/c21-14-5-10-17-18(11-14)25-20(13-3-8-16(23)9-4-13)19(24-17)12-1-6-15(22)7-2-12/h1-11H. The molecule has 0 radical (unpaired) electrons. The molecule has 0 amide bonds. The van der Waals surface area contributed by atoms with Crippen LogP contribution in [-0.4, -0.2) is 9.97 Å². The van der Waals surface area contributed by atoms with Gasteiger partial charge in [0.15, 0.2) is 0 Å². The van der Waals surface area contributed by atoms with Crippen LogP contribution in [0.1, 0.15) is 0 Å². The fourth-order valence-corrected chi connectivity index (χ4v) is 3.25. The molecular weight excluding hydrogens is 419 g/mol. The summed E-state index contributed by atoms with van der Waals surface area (Å²) in [5.74, 6) is 0. The predicted molar refractivity (Wildman–Crippen MR) is 108 cm³/mol. The molecule has 4 aromatic rings. The zero-order valence-corrected chi connectivity index (χ0v) is 16.0. The third-order valence-corrected chi connectivity index (χ3v) is 4.86. The minimum Gasteiger partial charge on any atom is -0.244 e. The first-order chi connectivity index (χ1) is 12.1. The molecule has 1 heterocycles. The largest absolute Gasteiger partial charge is 0.244 e. The van der Waals surface area contributed by atoms with Gasteiger partial charge in [-0.3, -0.25) is 0 Å². The highest BCUT2D eigenvalue weighted by molar-refractivity contribution is 9.10. The molecule has 25 heavy (non-hydrogen) atoms. The highest BCUT2D eigenvalue weighted by Crippen LogP contribution is 2.32. The van der Waals surface area contributed by atoms with Gasteiger partial charge in [-0.2, -0.15) is 0 Å². The Morgan fingerprint density at radius 2 is 1.08 bits per heavy atom. The third-order valence-electron chi connectivity index (χ3n) is 3.86. The smallest absolute Gasteiger partial charge is 0.0973 e. The zero-order chi connectivity index (χ0) is 17.4. The average Bonchev–Trinajstić information content (AvgIpc) is 2.62. The number of halogens is 3. The zero-order valence-electron chi connectivity index (χ0n) is 12.9. The summed E-state index contributed by atoms with van der Waals surface area (Å²) in [7, 11) is 0. The maximum atomic E-state index is 6.03. The molecule has 0 atom stereocenters. The van der Waals surface area contributed by atoms with E-state index in [1.54, 1.807) is 0 Å². The summed E-state index contributed by atoms with van der Waals surface area (Å²) >= 11 is 15.6. The van der Waals surface area contributed by atoms with E-state index in [4.69, 9.17) is 33.2 Å². The first-order valence-corrected chi connectivity index (χ1v) is 9.14. The van der Waals surface area contributed by atoms with Crippen molar-refractivity contribution in [2.45, 2.75) is 0 Å². The van der Waals surface area contributed by atoms with Crippen LogP contribution in [0.2, 0.25) is 10.0 Å². The van der Waals surface area contributed by atoms with E-state index in [1.165, 1.54) is 0 Å². The van der Waals surface area contributed by atoms with E-state index < -0.39 is 0 Å². The third kappa shape index (κ3) is 3.40. The second-order valence-electron chi connectivity index (χ2n) is 5.57. The van der Waals surface area contributed by atoms with Crippen molar-refractivity contribution in [1.29, 1.82) is 0 Å². The van der Waals surface area contributed by atoms with Crippen molar-refractivity contribution in [3.8, 4) is 22.5 Å². The molecule has 0 spiro atoms. The van der Waals surface area contributed by atoms with E-state index in [0.29, 0.717) is 10.0 Å². The predicted octanol–water partition coefficient (Wildman–Crippen LogP) is 7.03. The molecule has 3 aromatic carbocycles. The van der Waals surface area contributed by atoms with Crippen LogP contribution < -0.4 is 0 Å². The van der Waals surface area contributed by atoms with Gasteiger partial charge in [-0.05, 0) is 42.5 Å². The Morgan fingerprint density at radius 1 is 0.600 bits per heavy atom. The molecule has 5 heteroatoms. The van der Waals surface area contributed by atoms with Gasteiger partial charge in [0, 0.05) is 25.6 Å². The summed E-state index contributed by atoms with van der Waals surface area (Å²) in [6, 6.07) is 21.1. The molecule has 0 aliphatic heterocycles. The van der Waals surface area contributed by atoms with Crippen LogP contribution in [0.3, 0.4) is 0 Å². The van der Waals surface area contributed by atoms with Gasteiger partial charge in [-0.15, -0.1) is 0 Å². The van der Waals surface area contributed by atoms with Gasteiger partial charge in [-0.1, -0.05) is 63.4 Å². The van der Waals surface area contributed by atoms with Gasteiger partial charge < -0.3 is 0 Å². The van der Waals surface area contributed by atoms with Gasteiger partial charge in [-0.25, -0.2) is 9.97 Å². The molecule has 0 N–H and O–H groups in total. The molecular formula is C20H11BrCl2N2. The Kier molecular flexibility index (Phi) is 4.46. The van der Waals surface area contributed by atoms with E-state index in [9.17, 15) is 0 Å². The SMILES string of the molecule is Clc1ccc(-c2nc3ccc(Br)cc3nc2-c2ccc(Cl)cc2)cc1. The van der Waals surface area contributed by atoms with Gasteiger partial charge in [0.2, 0.25) is 0 Å². The normalized spacial score (nSPS) is 11.0. The lowest BCUT2D eigenvalue weighted by atomic mass is 10.0.